The van der Waals surface area contributed by atoms with Gasteiger partial charge in [0.15, 0.2) is 0 Å². The van der Waals surface area contributed by atoms with E-state index < -0.39 is 0 Å². The van der Waals surface area contributed by atoms with Crippen LogP contribution in [0.25, 0.3) is 0 Å². The van der Waals surface area contributed by atoms with Crippen molar-refractivity contribution in [2.75, 3.05) is 33.3 Å². The highest BCUT2D eigenvalue weighted by atomic mass is 16.5. The van der Waals surface area contributed by atoms with Crippen molar-refractivity contribution in [1.29, 1.82) is 0 Å². The van der Waals surface area contributed by atoms with Crippen LogP contribution >= 0.6 is 0 Å². The van der Waals surface area contributed by atoms with Gasteiger partial charge >= 0.3 is 0 Å². The zero-order valence-electron chi connectivity index (χ0n) is 8.62. The molecule has 2 rings (SSSR count). The molecule has 0 aromatic rings. The molecule has 3 nitrogen and oxygen atoms in total. The van der Waals surface area contributed by atoms with E-state index in [9.17, 15) is 0 Å². The Bertz CT molecular complexity index is 174. The fraction of sp³-hybridized carbons (Fsp3) is 1.00. The zero-order valence-corrected chi connectivity index (χ0v) is 8.62. The average molecular weight is 184 g/mol. The van der Waals surface area contributed by atoms with Gasteiger partial charge in [0.2, 0.25) is 0 Å². The molecular weight excluding hydrogens is 164 g/mol. The Hall–Kier alpha value is -0.120. The SMILES string of the molecule is COC1CCN(C2CNCC2C)C1. The quantitative estimate of drug-likeness (QED) is 0.668. The number of nitrogens with one attached hydrogen (secondary N) is 1. The van der Waals surface area contributed by atoms with Crippen molar-refractivity contribution in [2.45, 2.75) is 25.5 Å². The van der Waals surface area contributed by atoms with Gasteiger partial charge in [-0.3, -0.25) is 4.90 Å². The van der Waals surface area contributed by atoms with Crippen LogP contribution in [0.4, 0.5) is 0 Å². The minimum absolute atomic E-state index is 0.479. The largest absolute Gasteiger partial charge is 0.380 e. The van der Waals surface area contributed by atoms with Crippen LogP contribution in [-0.4, -0.2) is 50.3 Å². The molecule has 0 aliphatic carbocycles. The molecule has 2 aliphatic rings. The highest BCUT2D eigenvalue weighted by Crippen LogP contribution is 2.21. The van der Waals surface area contributed by atoms with Crippen molar-refractivity contribution in [1.82, 2.24) is 10.2 Å². The minimum atomic E-state index is 0.479. The summed E-state index contributed by atoms with van der Waals surface area (Å²) >= 11 is 0. The first-order valence-electron chi connectivity index (χ1n) is 5.29. The van der Waals surface area contributed by atoms with Crippen LogP contribution in [0.5, 0.6) is 0 Å². The summed E-state index contributed by atoms with van der Waals surface area (Å²) in [5, 5.41) is 3.45. The standard InChI is InChI=1S/C10H20N2O/c1-8-5-11-6-10(8)12-4-3-9(7-12)13-2/h8-11H,3-7H2,1-2H3. The van der Waals surface area contributed by atoms with E-state index in [2.05, 4.69) is 17.1 Å². The van der Waals surface area contributed by atoms with Crippen molar-refractivity contribution in [3.05, 3.63) is 0 Å². The summed E-state index contributed by atoms with van der Waals surface area (Å²) in [4.78, 5) is 2.58. The summed E-state index contributed by atoms with van der Waals surface area (Å²) in [6, 6.07) is 0.750. The maximum absolute atomic E-state index is 5.37. The smallest absolute Gasteiger partial charge is 0.0710 e. The molecule has 0 bridgehead atoms. The molecule has 13 heavy (non-hydrogen) atoms. The van der Waals surface area contributed by atoms with E-state index in [1.165, 1.54) is 19.5 Å². The molecule has 0 aromatic heterocycles. The highest BCUT2D eigenvalue weighted by molar-refractivity contribution is 4.90. The predicted molar refractivity (Wildman–Crippen MR) is 52.8 cm³/mol. The number of rotatable bonds is 2. The molecule has 0 spiro atoms. The molecule has 0 aromatic carbocycles. The fourth-order valence-corrected chi connectivity index (χ4v) is 2.53. The number of hydrogen-bond acceptors (Lipinski definition) is 3. The number of nitrogens with zero attached hydrogens (tertiary/aromatic N) is 1. The maximum atomic E-state index is 5.37. The van der Waals surface area contributed by atoms with Crippen molar-refractivity contribution in [3.8, 4) is 0 Å². The van der Waals surface area contributed by atoms with Crippen LogP contribution in [-0.2, 0) is 4.74 Å². The van der Waals surface area contributed by atoms with Crippen LogP contribution in [0, 0.1) is 5.92 Å². The Balaban J connectivity index is 1.88. The summed E-state index contributed by atoms with van der Waals surface area (Å²) in [6.07, 6.45) is 1.69. The minimum Gasteiger partial charge on any atom is -0.380 e. The summed E-state index contributed by atoms with van der Waals surface area (Å²) in [5.41, 5.74) is 0. The van der Waals surface area contributed by atoms with Gasteiger partial charge in [-0.2, -0.15) is 0 Å². The second kappa shape index (κ2) is 3.95. The van der Waals surface area contributed by atoms with Gasteiger partial charge in [0.05, 0.1) is 6.10 Å². The van der Waals surface area contributed by atoms with Crippen molar-refractivity contribution < 1.29 is 4.74 Å². The Kier molecular flexibility index (Phi) is 2.86. The number of methoxy groups -OCH3 is 1. The van der Waals surface area contributed by atoms with E-state index in [1.807, 2.05) is 7.11 Å². The van der Waals surface area contributed by atoms with Crippen LogP contribution in [0.1, 0.15) is 13.3 Å². The third-order valence-corrected chi connectivity index (χ3v) is 3.46. The van der Waals surface area contributed by atoms with Crippen molar-refractivity contribution >= 4 is 0 Å². The Morgan fingerprint density at radius 3 is 2.77 bits per heavy atom. The van der Waals surface area contributed by atoms with E-state index in [0.29, 0.717) is 6.10 Å². The normalized spacial score (nSPS) is 41.5. The lowest BCUT2D eigenvalue weighted by atomic mass is 10.1. The Morgan fingerprint density at radius 1 is 1.38 bits per heavy atom. The summed E-state index contributed by atoms with van der Waals surface area (Å²) < 4.78 is 5.37. The van der Waals surface area contributed by atoms with Crippen LogP contribution in [0.3, 0.4) is 0 Å². The average Bonchev–Trinajstić information content (AvgIpc) is 2.71. The first kappa shape index (κ1) is 9.44. The molecule has 0 saturated carbocycles. The molecular formula is C10H20N2O. The number of likely N-dealkylation sites (tertiary alicyclic amines) is 1. The van der Waals surface area contributed by atoms with Gasteiger partial charge in [0, 0.05) is 32.8 Å². The fourth-order valence-electron chi connectivity index (χ4n) is 2.53. The maximum Gasteiger partial charge on any atom is 0.0710 e. The molecule has 2 aliphatic heterocycles. The first-order valence-corrected chi connectivity index (χ1v) is 5.29. The molecule has 2 heterocycles. The van der Waals surface area contributed by atoms with Crippen LogP contribution < -0.4 is 5.32 Å². The van der Waals surface area contributed by atoms with Gasteiger partial charge in [-0.05, 0) is 18.9 Å². The summed E-state index contributed by atoms with van der Waals surface area (Å²) in [5.74, 6) is 0.801. The lowest BCUT2D eigenvalue weighted by molar-refractivity contribution is 0.0987. The van der Waals surface area contributed by atoms with Crippen molar-refractivity contribution in [2.24, 2.45) is 5.92 Å². The van der Waals surface area contributed by atoms with Gasteiger partial charge in [-0.15, -0.1) is 0 Å². The number of ether oxygens (including phenoxy) is 1. The van der Waals surface area contributed by atoms with E-state index in [0.717, 1.165) is 25.0 Å². The van der Waals surface area contributed by atoms with Gasteiger partial charge in [-0.25, -0.2) is 0 Å². The van der Waals surface area contributed by atoms with E-state index in [4.69, 9.17) is 4.74 Å². The summed E-state index contributed by atoms with van der Waals surface area (Å²) in [7, 11) is 1.82. The van der Waals surface area contributed by atoms with Crippen LogP contribution in [0.15, 0.2) is 0 Å². The van der Waals surface area contributed by atoms with Gasteiger partial charge in [-0.1, -0.05) is 6.92 Å². The monoisotopic (exact) mass is 184 g/mol. The Labute approximate surface area is 80.4 Å². The first-order chi connectivity index (χ1) is 6.31. The predicted octanol–water partition coefficient (Wildman–Crippen LogP) is 0.315. The van der Waals surface area contributed by atoms with E-state index in [-0.39, 0.29) is 0 Å². The molecule has 2 fully saturated rings. The van der Waals surface area contributed by atoms with E-state index >= 15 is 0 Å². The molecule has 76 valence electrons. The van der Waals surface area contributed by atoms with Gasteiger partial charge in [0.25, 0.3) is 0 Å². The molecule has 3 atom stereocenters. The number of hydrogen-bond donors (Lipinski definition) is 1. The molecule has 2 saturated heterocycles. The summed E-state index contributed by atoms with van der Waals surface area (Å²) in [6.45, 7) is 7.03. The third-order valence-electron chi connectivity index (χ3n) is 3.46. The Morgan fingerprint density at radius 2 is 2.23 bits per heavy atom. The molecule has 3 heteroatoms. The lowest BCUT2D eigenvalue weighted by Crippen LogP contribution is -2.39. The van der Waals surface area contributed by atoms with Gasteiger partial charge in [0.1, 0.15) is 0 Å². The second-order valence-corrected chi connectivity index (χ2v) is 4.34. The molecule has 0 amide bonds. The second-order valence-electron chi connectivity index (χ2n) is 4.34. The van der Waals surface area contributed by atoms with E-state index in [1.54, 1.807) is 0 Å². The van der Waals surface area contributed by atoms with Gasteiger partial charge < -0.3 is 10.1 Å². The van der Waals surface area contributed by atoms with Crippen molar-refractivity contribution in [3.63, 3.8) is 0 Å². The highest BCUT2D eigenvalue weighted by Gasteiger charge is 2.33. The third kappa shape index (κ3) is 1.87. The topological polar surface area (TPSA) is 24.5 Å². The lowest BCUT2D eigenvalue weighted by Gasteiger charge is -2.26. The zero-order chi connectivity index (χ0) is 9.26. The molecule has 3 unspecified atom stereocenters. The molecule has 0 radical (unpaired) electrons. The van der Waals surface area contributed by atoms with Crippen LogP contribution in [0.2, 0.25) is 0 Å². The molecule has 1 N–H and O–H groups in total.